The van der Waals surface area contributed by atoms with Crippen LogP contribution in [0.25, 0.3) is 0 Å². The lowest BCUT2D eigenvalue weighted by Crippen LogP contribution is -2.33. The molecular formula is C22H20N2O2S. The second kappa shape index (κ2) is 6.43. The van der Waals surface area contributed by atoms with Gasteiger partial charge in [0, 0.05) is 12.0 Å². The summed E-state index contributed by atoms with van der Waals surface area (Å²) in [5.74, 6) is 1.82. The summed E-state index contributed by atoms with van der Waals surface area (Å²) in [5.41, 5.74) is 4.66. The second-order valence-electron chi connectivity index (χ2n) is 6.85. The maximum absolute atomic E-state index is 6.40. The van der Waals surface area contributed by atoms with Gasteiger partial charge in [0.1, 0.15) is 11.5 Å². The summed E-state index contributed by atoms with van der Waals surface area (Å²) in [6, 6.07) is 18.8. The Kier molecular flexibility index (Phi) is 3.90. The van der Waals surface area contributed by atoms with Crippen molar-refractivity contribution in [2.24, 2.45) is 5.10 Å². The number of thiophene rings is 1. The molecule has 1 aromatic heterocycles. The number of methoxy groups -OCH3 is 1. The minimum absolute atomic E-state index is 0.180. The fourth-order valence-corrected chi connectivity index (χ4v) is 4.75. The van der Waals surface area contributed by atoms with E-state index in [1.807, 2.05) is 18.2 Å². The van der Waals surface area contributed by atoms with Crippen molar-refractivity contribution in [2.45, 2.75) is 25.6 Å². The Morgan fingerprint density at radius 2 is 1.93 bits per heavy atom. The Bertz CT molecular complexity index is 1010. The van der Waals surface area contributed by atoms with E-state index in [0.29, 0.717) is 0 Å². The number of nitrogens with zero attached hydrogens (tertiary/aromatic N) is 2. The minimum Gasteiger partial charge on any atom is -0.497 e. The van der Waals surface area contributed by atoms with Crippen LogP contribution < -0.4 is 9.47 Å². The standard InChI is InChI=1S/C22H20N2O2S/c1-14-11-12-27-21(14)22-24-19(17-5-3-4-6-20(17)26-22)13-18(23-24)15-7-9-16(25-2)10-8-15/h3-12,19,22H,13H2,1-2H3/t19-,22+/m0/s1. The quantitative estimate of drug-likeness (QED) is 0.621. The number of para-hydroxylation sites is 1. The van der Waals surface area contributed by atoms with Gasteiger partial charge in [0.15, 0.2) is 0 Å². The van der Waals surface area contributed by atoms with E-state index in [9.17, 15) is 0 Å². The molecule has 0 saturated heterocycles. The van der Waals surface area contributed by atoms with E-state index in [2.05, 4.69) is 53.7 Å². The molecule has 5 rings (SSSR count). The van der Waals surface area contributed by atoms with Gasteiger partial charge in [-0.25, -0.2) is 5.01 Å². The van der Waals surface area contributed by atoms with E-state index in [-0.39, 0.29) is 12.3 Å². The van der Waals surface area contributed by atoms with Gasteiger partial charge in [-0.3, -0.25) is 0 Å². The van der Waals surface area contributed by atoms with Crippen LogP contribution in [-0.2, 0) is 0 Å². The molecule has 2 aliphatic heterocycles. The molecule has 0 fully saturated rings. The molecule has 0 N–H and O–H groups in total. The van der Waals surface area contributed by atoms with Gasteiger partial charge < -0.3 is 9.47 Å². The van der Waals surface area contributed by atoms with E-state index in [4.69, 9.17) is 14.6 Å². The first-order valence-electron chi connectivity index (χ1n) is 9.04. The van der Waals surface area contributed by atoms with Crippen LogP contribution in [0.2, 0.25) is 0 Å². The normalized spacial score (nSPS) is 20.5. The molecule has 0 unspecified atom stereocenters. The molecule has 136 valence electrons. The van der Waals surface area contributed by atoms with Crippen molar-refractivity contribution in [2.75, 3.05) is 7.11 Å². The third-order valence-corrected chi connectivity index (χ3v) is 6.30. The highest BCUT2D eigenvalue weighted by atomic mass is 32.1. The van der Waals surface area contributed by atoms with Crippen molar-refractivity contribution in [1.29, 1.82) is 0 Å². The monoisotopic (exact) mass is 376 g/mol. The van der Waals surface area contributed by atoms with Crippen molar-refractivity contribution >= 4 is 17.0 Å². The summed E-state index contributed by atoms with van der Waals surface area (Å²) in [5, 5.41) is 9.26. The minimum atomic E-state index is -0.180. The predicted octanol–water partition coefficient (Wildman–Crippen LogP) is 5.31. The summed E-state index contributed by atoms with van der Waals surface area (Å²) in [7, 11) is 1.69. The Morgan fingerprint density at radius 3 is 2.67 bits per heavy atom. The highest BCUT2D eigenvalue weighted by Gasteiger charge is 2.41. The number of benzene rings is 2. The van der Waals surface area contributed by atoms with Gasteiger partial charge in [-0.2, -0.15) is 5.10 Å². The molecule has 3 heterocycles. The van der Waals surface area contributed by atoms with Crippen LogP contribution in [0.1, 0.15) is 40.3 Å². The molecule has 0 spiro atoms. The zero-order valence-corrected chi connectivity index (χ0v) is 16.1. The zero-order chi connectivity index (χ0) is 18.4. The Balaban J connectivity index is 1.57. The summed E-state index contributed by atoms with van der Waals surface area (Å²) in [4.78, 5) is 1.22. The first kappa shape index (κ1) is 16.4. The molecule has 0 aliphatic carbocycles. The molecule has 27 heavy (non-hydrogen) atoms. The highest BCUT2D eigenvalue weighted by molar-refractivity contribution is 7.10. The van der Waals surface area contributed by atoms with Crippen molar-refractivity contribution < 1.29 is 9.47 Å². The summed E-state index contributed by atoms with van der Waals surface area (Å²) >= 11 is 1.73. The van der Waals surface area contributed by atoms with Crippen LogP contribution >= 0.6 is 11.3 Å². The molecule has 0 amide bonds. The molecule has 2 aromatic carbocycles. The maximum Gasteiger partial charge on any atom is 0.223 e. The number of fused-ring (bicyclic) bond motifs is 3. The van der Waals surface area contributed by atoms with Crippen LogP contribution in [0, 0.1) is 6.92 Å². The lowest BCUT2D eigenvalue weighted by molar-refractivity contribution is -0.0169. The molecule has 0 bridgehead atoms. The zero-order valence-electron chi connectivity index (χ0n) is 15.3. The highest BCUT2D eigenvalue weighted by Crippen LogP contribution is 2.48. The average Bonchev–Trinajstić information content (AvgIpc) is 3.34. The summed E-state index contributed by atoms with van der Waals surface area (Å²) in [6.45, 7) is 2.13. The number of aryl methyl sites for hydroxylation is 1. The van der Waals surface area contributed by atoms with Gasteiger partial charge in [0.2, 0.25) is 6.23 Å². The predicted molar refractivity (Wildman–Crippen MR) is 108 cm³/mol. The fourth-order valence-electron chi connectivity index (χ4n) is 3.80. The first-order valence-corrected chi connectivity index (χ1v) is 9.92. The van der Waals surface area contributed by atoms with Crippen LogP contribution in [0.15, 0.2) is 65.1 Å². The molecule has 2 aliphatic rings. The van der Waals surface area contributed by atoms with Gasteiger partial charge in [-0.1, -0.05) is 18.2 Å². The topological polar surface area (TPSA) is 34.1 Å². The van der Waals surface area contributed by atoms with Crippen molar-refractivity contribution in [3.05, 3.63) is 81.5 Å². The lowest BCUT2D eigenvalue weighted by Gasteiger charge is -2.37. The van der Waals surface area contributed by atoms with Crippen molar-refractivity contribution in [1.82, 2.24) is 5.01 Å². The van der Waals surface area contributed by atoms with Crippen LogP contribution in [0.5, 0.6) is 11.5 Å². The molecule has 5 heteroatoms. The Labute approximate surface area is 162 Å². The number of hydrogen-bond donors (Lipinski definition) is 0. The number of hydrogen-bond acceptors (Lipinski definition) is 5. The SMILES string of the molecule is COc1ccc(C2=NN3[C@@H](c4sccc4C)Oc4ccccc4[C@@H]3C2)cc1. The Morgan fingerprint density at radius 1 is 1.11 bits per heavy atom. The number of rotatable bonds is 3. The van der Waals surface area contributed by atoms with Crippen molar-refractivity contribution in [3.8, 4) is 11.5 Å². The van der Waals surface area contributed by atoms with E-state index in [1.165, 1.54) is 16.0 Å². The fraction of sp³-hybridized carbons (Fsp3) is 0.227. The first-order chi connectivity index (χ1) is 13.2. The van der Waals surface area contributed by atoms with E-state index in [0.717, 1.165) is 29.2 Å². The molecule has 3 aromatic rings. The van der Waals surface area contributed by atoms with Gasteiger partial charge >= 0.3 is 0 Å². The Hall–Kier alpha value is -2.79. The molecular weight excluding hydrogens is 356 g/mol. The summed E-state index contributed by atoms with van der Waals surface area (Å²) < 4.78 is 11.7. The average molecular weight is 376 g/mol. The third kappa shape index (κ3) is 2.70. The van der Waals surface area contributed by atoms with Gasteiger partial charge in [0.25, 0.3) is 0 Å². The molecule has 4 nitrogen and oxygen atoms in total. The van der Waals surface area contributed by atoms with Crippen LogP contribution in [0.3, 0.4) is 0 Å². The number of ether oxygens (including phenoxy) is 2. The largest absolute Gasteiger partial charge is 0.497 e. The third-order valence-electron chi connectivity index (χ3n) is 5.25. The van der Waals surface area contributed by atoms with E-state index >= 15 is 0 Å². The molecule has 2 atom stereocenters. The van der Waals surface area contributed by atoms with Crippen LogP contribution in [0.4, 0.5) is 0 Å². The molecule has 0 radical (unpaired) electrons. The van der Waals surface area contributed by atoms with E-state index in [1.54, 1.807) is 18.4 Å². The smallest absolute Gasteiger partial charge is 0.223 e. The summed E-state index contributed by atoms with van der Waals surface area (Å²) in [6.07, 6.45) is 0.689. The van der Waals surface area contributed by atoms with Gasteiger partial charge in [-0.15, -0.1) is 11.3 Å². The van der Waals surface area contributed by atoms with Crippen LogP contribution in [-0.4, -0.2) is 17.8 Å². The molecule has 0 saturated carbocycles. The van der Waals surface area contributed by atoms with Crippen molar-refractivity contribution in [3.63, 3.8) is 0 Å². The number of hydrazone groups is 1. The second-order valence-corrected chi connectivity index (χ2v) is 7.80. The maximum atomic E-state index is 6.40. The van der Waals surface area contributed by atoms with Gasteiger partial charge in [0.05, 0.1) is 23.7 Å². The van der Waals surface area contributed by atoms with Gasteiger partial charge in [-0.05, 0) is 59.8 Å². The lowest BCUT2D eigenvalue weighted by atomic mass is 9.96. The van der Waals surface area contributed by atoms with E-state index < -0.39 is 0 Å².